The lowest BCUT2D eigenvalue weighted by molar-refractivity contribution is 0.126. The van der Waals surface area contributed by atoms with Crippen LogP contribution in [0.25, 0.3) is 11.3 Å². The molecular weight excluding hydrogens is 347 g/mol. The molecule has 0 aliphatic rings. The van der Waals surface area contributed by atoms with Crippen molar-refractivity contribution >= 4 is 23.2 Å². The number of nitrogens with zero attached hydrogens (tertiary/aromatic N) is 1. The van der Waals surface area contributed by atoms with Crippen molar-refractivity contribution in [3.8, 4) is 29.4 Å². The zero-order valence-corrected chi connectivity index (χ0v) is 13.2. The lowest BCUT2D eigenvalue weighted by Gasteiger charge is -2.15. The highest BCUT2D eigenvalue weighted by Crippen LogP contribution is 2.31. The van der Waals surface area contributed by atoms with Crippen molar-refractivity contribution < 1.29 is 13.5 Å². The highest BCUT2D eigenvalue weighted by atomic mass is 35.5. The van der Waals surface area contributed by atoms with Gasteiger partial charge < -0.3 is 9.30 Å². The van der Waals surface area contributed by atoms with Gasteiger partial charge in [0.05, 0.1) is 17.3 Å². The Balaban J connectivity index is 2.52. The molecule has 1 aromatic heterocycles. The maximum atomic E-state index is 12.8. The van der Waals surface area contributed by atoms with Gasteiger partial charge in [0, 0.05) is 5.56 Å². The van der Waals surface area contributed by atoms with Crippen LogP contribution >= 0.6 is 23.2 Å². The van der Waals surface area contributed by atoms with E-state index in [0.29, 0.717) is 11.3 Å². The quantitative estimate of drug-likeness (QED) is 0.754. The number of benzene rings is 1. The van der Waals surface area contributed by atoms with E-state index < -0.39 is 18.5 Å². The van der Waals surface area contributed by atoms with Crippen LogP contribution in [-0.4, -0.2) is 17.6 Å². The SMILES string of the molecule is C#CCOc1ccc(-c2ccc(Cl)c(=O)n2CC(F)F)c(Cl)c1. The summed E-state index contributed by atoms with van der Waals surface area (Å²) in [5, 5.41) is 0.101. The first-order valence-corrected chi connectivity index (χ1v) is 7.23. The fraction of sp³-hybridized carbons (Fsp3) is 0.188. The molecular formula is C16H11Cl2F2NO2. The van der Waals surface area contributed by atoms with E-state index in [0.717, 1.165) is 4.57 Å². The van der Waals surface area contributed by atoms with Crippen molar-refractivity contribution in [3.63, 3.8) is 0 Å². The number of alkyl halides is 2. The Labute approximate surface area is 141 Å². The fourth-order valence-electron chi connectivity index (χ4n) is 2.02. The Morgan fingerprint density at radius 3 is 2.57 bits per heavy atom. The van der Waals surface area contributed by atoms with Gasteiger partial charge in [0.1, 0.15) is 17.4 Å². The second-order valence-electron chi connectivity index (χ2n) is 4.51. The molecule has 120 valence electrons. The number of aromatic nitrogens is 1. The van der Waals surface area contributed by atoms with Gasteiger partial charge in [-0.1, -0.05) is 29.1 Å². The Morgan fingerprint density at radius 2 is 1.96 bits per heavy atom. The molecule has 0 bridgehead atoms. The van der Waals surface area contributed by atoms with Gasteiger partial charge in [0.15, 0.2) is 0 Å². The average molecular weight is 358 g/mol. The zero-order chi connectivity index (χ0) is 17.0. The molecule has 0 spiro atoms. The van der Waals surface area contributed by atoms with Crippen LogP contribution < -0.4 is 10.3 Å². The second-order valence-corrected chi connectivity index (χ2v) is 5.32. The van der Waals surface area contributed by atoms with E-state index >= 15 is 0 Å². The van der Waals surface area contributed by atoms with Gasteiger partial charge in [0.25, 0.3) is 12.0 Å². The number of terminal acetylenes is 1. The van der Waals surface area contributed by atoms with Crippen molar-refractivity contribution in [2.45, 2.75) is 13.0 Å². The maximum Gasteiger partial charge on any atom is 0.269 e. The van der Waals surface area contributed by atoms with Crippen molar-refractivity contribution in [1.29, 1.82) is 0 Å². The Hall–Kier alpha value is -2.03. The highest BCUT2D eigenvalue weighted by Gasteiger charge is 2.16. The van der Waals surface area contributed by atoms with Crippen LogP contribution in [0.1, 0.15) is 0 Å². The second kappa shape index (κ2) is 7.49. The van der Waals surface area contributed by atoms with E-state index in [1.807, 2.05) is 0 Å². The molecule has 0 aliphatic carbocycles. The van der Waals surface area contributed by atoms with E-state index in [4.69, 9.17) is 34.4 Å². The third-order valence-electron chi connectivity index (χ3n) is 2.99. The maximum absolute atomic E-state index is 12.8. The first-order valence-electron chi connectivity index (χ1n) is 6.47. The average Bonchev–Trinajstić information content (AvgIpc) is 2.50. The third-order valence-corrected chi connectivity index (χ3v) is 3.59. The zero-order valence-electron chi connectivity index (χ0n) is 11.7. The Morgan fingerprint density at radius 1 is 1.22 bits per heavy atom. The summed E-state index contributed by atoms with van der Waals surface area (Å²) in [7, 11) is 0. The molecule has 3 nitrogen and oxygen atoms in total. The summed E-state index contributed by atoms with van der Waals surface area (Å²) in [6.07, 6.45) is 2.40. The molecule has 0 saturated heterocycles. The molecule has 0 saturated carbocycles. The van der Waals surface area contributed by atoms with Gasteiger partial charge in [-0.25, -0.2) is 8.78 Å². The minimum atomic E-state index is -2.71. The van der Waals surface area contributed by atoms with Gasteiger partial charge in [0.2, 0.25) is 0 Å². The molecule has 0 radical (unpaired) electrons. The van der Waals surface area contributed by atoms with Gasteiger partial charge >= 0.3 is 0 Å². The molecule has 0 aliphatic heterocycles. The van der Waals surface area contributed by atoms with Crippen LogP contribution in [0.2, 0.25) is 10.0 Å². The van der Waals surface area contributed by atoms with Crippen molar-refractivity contribution in [2.24, 2.45) is 0 Å². The van der Waals surface area contributed by atoms with Crippen molar-refractivity contribution in [2.75, 3.05) is 6.61 Å². The molecule has 0 N–H and O–H groups in total. The van der Waals surface area contributed by atoms with E-state index in [2.05, 4.69) is 5.92 Å². The van der Waals surface area contributed by atoms with Crippen molar-refractivity contribution in [3.05, 3.63) is 50.7 Å². The molecule has 0 unspecified atom stereocenters. The molecule has 2 rings (SSSR count). The van der Waals surface area contributed by atoms with Gasteiger partial charge in [-0.2, -0.15) is 0 Å². The molecule has 2 aromatic rings. The van der Waals surface area contributed by atoms with Crippen molar-refractivity contribution in [1.82, 2.24) is 4.57 Å². The minimum Gasteiger partial charge on any atom is -0.481 e. The third kappa shape index (κ3) is 4.04. The summed E-state index contributed by atoms with van der Waals surface area (Å²) >= 11 is 11.9. The van der Waals surface area contributed by atoms with Crippen LogP contribution in [0.5, 0.6) is 5.75 Å². The van der Waals surface area contributed by atoms with Crippen LogP contribution in [0.4, 0.5) is 8.78 Å². The standard InChI is InChI=1S/C16H11Cl2F2NO2/c1-2-7-23-10-3-4-11(13(18)8-10)14-6-5-12(17)16(22)21(14)9-15(19)20/h1,3-6,8,15H,7,9H2. The molecule has 0 fully saturated rings. The first-order chi connectivity index (χ1) is 10.9. The summed E-state index contributed by atoms with van der Waals surface area (Å²) in [5.41, 5.74) is -0.0458. The minimum absolute atomic E-state index is 0.0761. The summed E-state index contributed by atoms with van der Waals surface area (Å²) in [5.74, 6) is 2.76. The van der Waals surface area contributed by atoms with Crippen LogP contribution in [0.3, 0.4) is 0 Å². The lowest BCUT2D eigenvalue weighted by atomic mass is 10.1. The van der Waals surface area contributed by atoms with Crippen LogP contribution in [-0.2, 0) is 6.54 Å². The van der Waals surface area contributed by atoms with E-state index in [-0.39, 0.29) is 22.3 Å². The number of halogens is 4. The van der Waals surface area contributed by atoms with Crippen LogP contribution in [0.15, 0.2) is 35.1 Å². The number of hydrogen-bond donors (Lipinski definition) is 0. The van der Waals surface area contributed by atoms with Gasteiger partial charge in [-0.05, 0) is 30.3 Å². The van der Waals surface area contributed by atoms with E-state index in [1.54, 1.807) is 12.1 Å². The first kappa shape index (κ1) is 17.3. The Bertz CT molecular complexity index is 813. The molecule has 23 heavy (non-hydrogen) atoms. The predicted molar refractivity (Wildman–Crippen MR) is 86.5 cm³/mol. The normalized spacial score (nSPS) is 10.6. The topological polar surface area (TPSA) is 31.2 Å². The number of pyridine rings is 1. The molecule has 0 atom stereocenters. The summed E-state index contributed by atoms with van der Waals surface area (Å²) in [6, 6.07) is 7.47. The number of ether oxygens (including phenoxy) is 1. The molecule has 7 heteroatoms. The monoisotopic (exact) mass is 357 g/mol. The fourth-order valence-corrected chi connectivity index (χ4v) is 2.46. The lowest BCUT2D eigenvalue weighted by Crippen LogP contribution is -2.25. The van der Waals surface area contributed by atoms with E-state index in [9.17, 15) is 13.6 Å². The summed E-state index contributed by atoms with van der Waals surface area (Å²) in [4.78, 5) is 12.0. The van der Waals surface area contributed by atoms with E-state index in [1.165, 1.54) is 18.2 Å². The largest absolute Gasteiger partial charge is 0.481 e. The molecule has 0 amide bonds. The van der Waals surface area contributed by atoms with Gasteiger partial charge in [-0.3, -0.25) is 4.79 Å². The number of rotatable bonds is 5. The molecule has 1 heterocycles. The summed E-state index contributed by atoms with van der Waals surface area (Å²) in [6.45, 7) is -0.701. The number of hydrogen-bond acceptors (Lipinski definition) is 2. The highest BCUT2D eigenvalue weighted by molar-refractivity contribution is 6.33. The molecule has 1 aromatic carbocycles. The smallest absolute Gasteiger partial charge is 0.269 e. The van der Waals surface area contributed by atoms with Crippen LogP contribution in [0, 0.1) is 12.3 Å². The van der Waals surface area contributed by atoms with Gasteiger partial charge in [-0.15, -0.1) is 6.42 Å². The summed E-state index contributed by atoms with van der Waals surface area (Å²) < 4.78 is 31.6. The predicted octanol–water partition coefficient (Wildman–Crippen LogP) is 4.10. The Kier molecular flexibility index (Phi) is 5.64.